The molecule has 6 N–H and O–H groups in total. The molecule has 3 aromatic carbocycles. The van der Waals surface area contributed by atoms with Gasteiger partial charge >= 0.3 is 29.6 Å². The second-order valence-corrected chi connectivity index (χ2v) is 16.2. The molecule has 8 bridgehead atoms. The van der Waals surface area contributed by atoms with E-state index in [9.17, 15) is 23.2 Å². The van der Waals surface area contributed by atoms with E-state index in [4.69, 9.17) is 20.9 Å². The fraction of sp³-hybridized carbons (Fsp3) is 0.462. The number of phenols is 1. The molecule has 0 amide bonds. The number of nitrogens with zero attached hydrogens (tertiary/aromatic N) is 1. The Hall–Kier alpha value is -2.90. The van der Waals surface area contributed by atoms with Gasteiger partial charge in [0.1, 0.15) is 17.6 Å². The Balaban J connectivity index is 0.00000448. The molecule has 4 heterocycles. The van der Waals surface area contributed by atoms with Crippen molar-refractivity contribution < 1.29 is 62.2 Å². The molecular formula is C39H46N3NaO7S. The van der Waals surface area contributed by atoms with Crippen LogP contribution in [0.1, 0.15) is 97.4 Å². The molecule has 1 fully saturated rings. The second-order valence-electron chi connectivity index (χ2n) is 14.6. The molecule has 0 aromatic heterocycles. The Morgan fingerprint density at radius 3 is 2.39 bits per heavy atom. The van der Waals surface area contributed by atoms with E-state index >= 15 is 0 Å². The SMILES string of the molecule is C[C@@H]1CCc2cc3ccc2[C@@H]1C[C@@H](S(=O)(=O)[O-])[C@H]1C=C2C[C@H](C[C@H](CCCO)O[C@H]2c2ccc(O)cc2)[C@H]1c1ccc(cc1)[C@H](N=C(N)N)O3.[Na+]. The summed E-state index contributed by atoms with van der Waals surface area (Å²) in [4.78, 5) is 4.41. The van der Waals surface area contributed by atoms with Crippen molar-refractivity contribution in [3.8, 4) is 11.5 Å². The van der Waals surface area contributed by atoms with Crippen LogP contribution in [0.2, 0.25) is 0 Å². The topological polar surface area (TPSA) is 181 Å². The second kappa shape index (κ2) is 15.6. The Morgan fingerprint density at radius 2 is 1.71 bits per heavy atom. The third-order valence-corrected chi connectivity index (χ3v) is 12.7. The maximum atomic E-state index is 13.6. The van der Waals surface area contributed by atoms with Gasteiger partial charge in [0.25, 0.3) is 0 Å². The standard InChI is InChI=1S/C39H47N3O7S.Na/c1-22-4-5-26-18-31-14-15-32(26)33(22)21-35(50(45,46)47)34-20-28-17-27(36(34)23-6-8-25(9-7-23)38(49-31)42-39(40)41)19-30(3-2-16-43)48-37(28)24-10-12-29(44)13-11-24;/h6-15,18,20,22,27,30,33-38,43-44H,2-5,16-17,19,21H2,1H3,(H4,40,41,42)(H,45,46,47);/q;+1/p-1/t22-,27-,30+,33-,34-,35-,36-,37+,38-;/m1./s1. The molecule has 3 aromatic rings. The zero-order valence-electron chi connectivity index (χ0n) is 29.2. The van der Waals surface area contributed by atoms with Crippen LogP contribution in [-0.4, -0.2) is 47.1 Å². The maximum absolute atomic E-state index is 13.6. The molecule has 0 unspecified atom stereocenters. The number of fused-ring (bicyclic) bond motifs is 4. The molecule has 1 saturated heterocycles. The number of aliphatic hydroxyl groups excluding tert-OH is 1. The molecule has 2 aliphatic carbocycles. The van der Waals surface area contributed by atoms with Crippen LogP contribution in [0.15, 0.2) is 83.4 Å². The number of ether oxygens (including phenoxy) is 2. The minimum atomic E-state index is -4.79. The summed E-state index contributed by atoms with van der Waals surface area (Å²) in [6, 6.07) is 20.6. The van der Waals surface area contributed by atoms with Crippen molar-refractivity contribution >= 4 is 16.1 Å². The maximum Gasteiger partial charge on any atom is 1.00 e. The summed E-state index contributed by atoms with van der Waals surface area (Å²) in [6.07, 6.45) is 4.87. The molecule has 0 spiro atoms. The predicted molar refractivity (Wildman–Crippen MR) is 189 cm³/mol. The average molecular weight is 724 g/mol. The van der Waals surface area contributed by atoms with Gasteiger partial charge in [0.05, 0.1) is 21.5 Å². The fourth-order valence-electron chi connectivity index (χ4n) is 9.06. The van der Waals surface area contributed by atoms with Crippen LogP contribution in [0.5, 0.6) is 11.5 Å². The number of aliphatic hydroxyl groups is 1. The van der Waals surface area contributed by atoms with E-state index in [0.29, 0.717) is 31.4 Å². The number of hydrogen-bond donors (Lipinski definition) is 4. The Bertz CT molecular complexity index is 1860. The van der Waals surface area contributed by atoms with Gasteiger partial charge in [-0.25, -0.2) is 13.4 Å². The van der Waals surface area contributed by atoms with Crippen LogP contribution in [0.4, 0.5) is 0 Å². The van der Waals surface area contributed by atoms with Crippen molar-refractivity contribution in [3.63, 3.8) is 0 Å². The largest absolute Gasteiger partial charge is 1.00 e. The van der Waals surface area contributed by atoms with E-state index in [1.807, 2.05) is 60.7 Å². The van der Waals surface area contributed by atoms with E-state index in [1.54, 1.807) is 12.1 Å². The van der Waals surface area contributed by atoms with Gasteiger partial charge in [0, 0.05) is 12.2 Å². The van der Waals surface area contributed by atoms with Crippen LogP contribution in [0.25, 0.3) is 0 Å². The van der Waals surface area contributed by atoms with Gasteiger partial charge in [-0.2, -0.15) is 0 Å². The molecule has 4 aliphatic heterocycles. The molecule has 9 atom stereocenters. The van der Waals surface area contributed by atoms with Crippen LogP contribution in [-0.2, 0) is 21.3 Å². The number of allylic oxidation sites excluding steroid dienone is 1. The van der Waals surface area contributed by atoms with Gasteiger partial charge in [-0.05, 0) is 127 Å². The number of aromatic hydroxyl groups is 1. The summed E-state index contributed by atoms with van der Waals surface area (Å²) >= 11 is 0. The summed E-state index contributed by atoms with van der Waals surface area (Å²) in [5.74, 6) is -0.304. The molecule has 0 saturated carbocycles. The van der Waals surface area contributed by atoms with Gasteiger partial charge in [-0.15, -0.1) is 0 Å². The van der Waals surface area contributed by atoms with Crippen molar-refractivity contribution in [1.82, 2.24) is 0 Å². The number of phenolic OH excluding ortho intramolecular Hbond substituents is 1. The molecule has 6 aliphatic rings. The predicted octanol–water partition coefficient (Wildman–Crippen LogP) is 2.68. The van der Waals surface area contributed by atoms with Crippen molar-refractivity contribution in [1.29, 1.82) is 0 Å². The van der Waals surface area contributed by atoms with Crippen LogP contribution in [0, 0.1) is 17.8 Å². The first-order valence-corrected chi connectivity index (χ1v) is 19.1. The number of hydrogen-bond acceptors (Lipinski definition) is 8. The smallest absolute Gasteiger partial charge is 0.748 e. The van der Waals surface area contributed by atoms with Crippen LogP contribution < -0.4 is 45.8 Å². The van der Waals surface area contributed by atoms with E-state index in [1.165, 1.54) is 0 Å². The molecule has 12 heteroatoms. The van der Waals surface area contributed by atoms with Crippen molar-refractivity contribution in [2.75, 3.05) is 6.61 Å². The molecule has 0 radical (unpaired) electrons. The first kappa shape index (κ1) is 37.8. The summed E-state index contributed by atoms with van der Waals surface area (Å²) < 4.78 is 54.1. The zero-order chi connectivity index (χ0) is 35.2. The number of aryl methyl sites for hydroxylation is 1. The zero-order valence-corrected chi connectivity index (χ0v) is 32.0. The number of benzene rings is 3. The van der Waals surface area contributed by atoms with Gasteiger partial charge < -0.3 is 35.7 Å². The van der Waals surface area contributed by atoms with E-state index < -0.39 is 33.6 Å². The summed E-state index contributed by atoms with van der Waals surface area (Å²) in [5, 5.41) is 18.6. The minimum Gasteiger partial charge on any atom is -0.748 e. The molecule has 51 heavy (non-hydrogen) atoms. The van der Waals surface area contributed by atoms with E-state index in [0.717, 1.165) is 46.2 Å². The van der Waals surface area contributed by atoms with Crippen LogP contribution in [0.3, 0.4) is 0 Å². The van der Waals surface area contributed by atoms with Crippen molar-refractivity contribution in [2.24, 2.45) is 34.2 Å². The van der Waals surface area contributed by atoms with Crippen LogP contribution >= 0.6 is 0 Å². The quantitative estimate of drug-likeness (QED) is 0.0978. The van der Waals surface area contributed by atoms with Crippen molar-refractivity contribution in [3.05, 3.63) is 106 Å². The normalized spacial score (nSPS) is 29.9. The van der Waals surface area contributed by atoms with Gasteiger partial charge in [-0.1, -0.05) is 55.5 Å². The number of nitrogens with two attached hydrogens (primary N) is 2. The minimum absolute atomic E-state index is 0. The third-order valence-electron chi connectivity index (χ3n) is 11.4. The van der Waals surface area contributed by atoms with E-state index in [-0.39, 0.29) is 84.1 Å². The summed E-state index contributed by atoms with van der Waals surface area (Å²) in [5.41, 5.74) is 17.3. The van der Waals surface area contributed by atoms with Gasteiger partial charge in [0.15, 0.2) is 5.96 Å². The Labute approximate surface area is 322 Å². The Morgan fingerprint density at radius 1 is 1.00 bits per heavy atom. The monoisotopic (exact) mass is 723 g/mol. The first-order valence-electron chi connectivity index (χ1n) is 17.7. The number of rotatable bonds is 6. The molecule has 10 nitrogen and oxygen atoms in total. The van der Waals surface area contributed by atoms with Gasteiger partial charge in [-0.3, -0.25) is 0 Å². The molecular weight excluding hydrogens is 678 g/mol. The molecule has 9 rings (SSSR count). The average Bonchev–Trinajstić information content (AvgIpc) is 3.22. The van der Waals surface area contributed by atoms with Gasteiger partial charge in [0.2, 0.25) is 6.23 Å². The first-order chi connectivity index (χ1) is 24.0. The molecule has 266 valence electrons. The van der Waals surface area contributed by atoms with E-state index in [2.05, 4.69) is 11.9 Å². The summed E-state index contributed by atoms with van der Waals surface area (Å²) in [6.45, 7) is 2.17. The summed E-state index contributed by atoms with van der Waals surface area (Å²) in [7, 11) is -4.79. The number of aliphatic imine (C=N–C) groups is 1. The fourth-order valence-corrected chi connectivity index (χ4v) is 10.1. The number of guanidine groups is 1. The third kappa shape index (κ3) is 8.05. The van der Waals surface area contributed by atoms with Crippen molar-refractivity contribution in [2.45, 2.75) is 87.4 Å². The Kier molecular flexibility index (Phi) is 11.6.